The van der Waals surface area contributed by atoms with E-state index in [1.807, 2.05) is 12.1 Å². The second-order valence-electron chi connectivity index (χ2n) is 5.84. The molecule has 112 valence electrons. The largest absolute Gasteiger partial charge is 0.497 e. The van der Waals surface area contributed by atoms with Crippen LogP contribution >= 0.6 is 0 Å². The van der Waals surface area contributed by atoms with Gasteiger partial charge >= 0.3 is 0 Å². The smallest absolute Gasteiger partial charge is 0.129 e. The summed E-state index contributed by atoms with van der Waals surface area (Å²) in [4.78, 5) is 7.14. The van der Waals surface area contributed by atoms with Crippen molar-refractivity contribution in [2.75, 3.05) is 25.1 Å². The van der Waals surface area contributed by atoms with E-state index in [0.717, 1.165) is 30.2 Å². The predicted molar refractivity (Wildman–Crippen MR) is 85.3 cm³/mol. The van der Waals surface area contributed by atoms with Crippen molar-refractivity contribution in [3.05, 3.63) is 29.8 Å². The Morgan fingerprint density at radius 2 is 1.90 bits per heavy atom. The molecule has 0 saturated carbocycles. The first-order valence-corrected chi connectivity index (χ1v) is 7.42. The molecule has 1 aromatic heterocycles. The maximum atomic E-state index is 5.80. The van der Waals surface area contributed by atoms with E-state index in [2.05, 4.69) is 37.8 Å². The van der Waals surface area contributed by atoms with Crippen molar-refractivity contribution in [3.63, 3.8) is 0 Å². The summed E-state index contributed by atoms with van der Waals surface area (Å²) in [5.74, 6) is 1.87. The van der Waals surface area contributed by atoms with Crippen LogP contribution in [-0.2, 0) is 4.74 Å². The number of hydrogen-bond donors (Lipinski definition) is 0. The van der Waals surface area contributed by atoms with E-state index < -0.39 is 0 Å². The number of rotatable bonds is 2. The number of fused-ring (bicyclic) bond motifs is 1. The van der Waals surface area contributed by atoms with Crippen molar-refractivity contribution < 1.29 is 9.47 Å². The van der Waals surface area contributed by atoms with Gasteiger partial charge in [-0.2, -0.15) is 0 Å². The Morgan fingerprint density at radius 3 is 2.57 bits per heavy atom. The van der Waals surface area contributed by atoms with Crippen molar-refractivity contribution in [3.8, 4) is 5.75 Å². The average molecular weight is 286 g/mol. The molecule has 2 unspecified atom stereocenters. The van der Waals surface area contributed by atoms with Gasteiger partial charge in [0, 0.05) is 24.5 Å². The van der Waals surface area contributed by atoms with E-state index in [0.29, 0.717) is 0 Å². The lowest BCUT2D eigenvalue weighted by atomic mass is 10.1. The molecule has 0 spiro atoms. The van der Waals surface area contributed by atoms with Gasteiger partial charge < -0.3 is 14.4 Å². The number of methoxy groups -OCH3 is 1. The van der Waals surface area contributed by atoms with Crippen molar-refractivity contribution in [1.29, 1.82) is 0 Å². The first-order chi connectivity index (χ1) is 10.1. The Hall–Kier alpha value is -1.81. The van der Waals surface area contributed by atoms with Gasteiger partial charge in [0.05, 0.1) is 24.8 Å². The van der Waals surface area contributed by atoms with E-state index >= 15 is 0 Å². The molecule has 0 aliphatic carbocycles. The molecule has 0 radical (unpaired) electrons. The number of hydrogen-bond acceptors (Lipinski definition) is 4. The minimum absolute atomic E-state index is 0.233. The molecule has 1 aromatic carbocycles. The molecule has 2 atom stereocenters. The lowest BCUT2D eigenvalue weighted by molar-refractivity contribution is -0.00544. The summed E-state index contributed by atoms with van der Waals surface area (Å²) in [6.45, 7) is 8.12. The Morgan fingerprint density at radius 1 is 1.19 bits per heavy atom. The summed E-state index contributed by atoms with van der Waals surface area (Å²) in [6.07, 6.45) is 0.466. The molecule has 2 aromatic rings. The summed E-state index contributed by atoms with van der Waals surface area (Å²) in [6, 6.07) is 8.22. The minimum atomic E-state index is 0.233. The molecule has 1 saturated heterocycles. The highest BCUT2D eigenvalue weighted by atomic mass is 16.5. The maximum Gasteiger partial charge on any atom is 0.129 e. The van der Waals surface area contributed by atoms with Crippen LogP contribution in [0.25, 0.3) is 10.9 Å². The van der Waals surface area contributed by atoms with E-state index in [9.17, 15) is 0 Å². The molecule has 0 N–H and O–H groups in total. The van der Waals surface area contributed by atoms with Crippen LogP contribution < -0.4 is 9.64 Å². The van der Waals surface area contributed by atoms with Gasteiger partial charge in [-0.1, -0.05) is 0 Å². The van der Waals surface area contributed by atoms with Gasteiger partial charge in [-0.05, 0) is 44.5 Å². The van der Waals surface area contributed by atoms with Crippen molar-refractivity contribution >= 4 is 16.7 Å². The molecule has 1 aliphatic heterocycles. The number of ether oxygens (including phenoxy) is 2. The van der Waals surface area contributed by atoms with Crippen LogP contribution in [0, 0.1) is 6.92 Å². The Bertz CT molecular complexity index is 647. The van der Waals surface area contributed by atoms with E-state index in [1.54, 1.807) is 7.11 Å². The fraction of sp³-hybridized carbons (Fsp3) is 0.471. The summed E-state index contributed by atoms with van der Waals surface area (Å²) in [5.41, 5.74) is 2.22. The zero-order chi connectivity index (χ0) is 15.0. The van der Waals surface area contributed by atoms with E-state index in [4.69, 9.17) is 14.5 Å². The van der Waals surface area contributed by atoms with Gasteiger partial charge in [-0.3, -0.25) is 0 Å². The summed E-state index contributed by atoms with van der Waals surface area (Å²) in [5, 5.41) is 1.17. The van der Waals surface area contributed by atoms with Crippen LogP contribution in [-0.4, -0.2) is 37.4 Å². The Kier molecular flexibility index (Phi) is 3.72. The van der Waals surface area contributed by atoms with Crippen LogP contribution in [0.2, 0.25) is 0 Å². The van der Waals surface area contributed by atoms with Crippen molar-refractivity contribution in [1.82, 2.24) is 4.98 Å². The standard InChI is InChI=1S/C17H22N2O2/c1-11-7-17(19-9-12(2)21-13(3)10-19)18-16-8-14(20-4)5-6-15(11)16/h5-8,12-13H,9-10H2,1-4H3. The zero-order valence-corrected chi connectivity index (χ0v) is 13.1. The molecular formula is C17H22N2O2. The third-order valence-corrected chi connectivity index (χ3v) is 3.95. The number of morpholine rings is 1. The molecule has 0 amide bonds. The quantitative estimate of drug-likeness (QED) is 0.849. The molecule has 4 heteroatoms. The Labute approximate surface area is 125 Å². The molecule has 21 heavy (non-hydrogen) atoms. The molecule has 0 bridgehead atoms. The minimum Gasteiger partial charge on any atom is -0.497 e. The average Bonchev–Trinajstić information content (AvgIpc) is 2.45. The number of aryl methyl sites for hydroxylation is 1. The second kappa shape index (κ2) is 5.53. The van der Waals surface area contributed by atoms with Crippen molar-refractivity contribution in [2.24, 2.45) is 0 Å². The summed E-state index contributed by atoms with van der Waals surface area (Å²) >= 11 is 0. The van der Waals surface area contributed by atoms with E-state index in [-0.39, 0.29) is 12.2 Å². The monoisotopic (exact) mass is 286 g/mol. The lowest BCUT2D eigenvalue weighted by Crippen LogP contribution is -2.45. The number of anilines is 1. The number of aromatic nitrogens is 1. The van der Waals surface area contributed by atoms with Crippen LogP contribution in [0.1, 0.15) is 19.4 Å². The van der Waals surface area contributed by atoms with Gasteiger partial charge in [-0.25, -0.2) is 4.98 Å². The van der Waals surface area contributed by atoms with Gasteiger partial charge in [0.25, 0.3) is 0 Å². The molecular weight excluding hydrogens is 264 g/mol. The van der Waals surface area contributed by atoms with Crippen LogP contribution in [0.15, 0.2) is 24.3 Å². The number of pyridine rings is 1. The molecule has 1 fully saturated rings. The number of nitrogens with zero attached hydrogens (tertiary/aromatic N) is 2. The molecule has 1 aliphatic rings. The summed E-state index contributed by atoms with van der Waals surface area (Å²) < 4.78 is 11.1. The van der Waals surface area contributed by atoms with Gasteiger partial charge in [-0.15, -0.1) is 0 Å². The van der Waals surface area contributed by atoms with Crippen LogP contribution in [0.5, 0.6) is 5.75 Å². The third kappa shape index (κ3) is 2.81. The predicted octanol–water partition coefficient (Wildman–Crippen LogP) is 3.17. The van der Waals surface area contributed by atoms with Crippen molar-refractivity contribution in [2.45, 2.75) is 33.0 Å². The highest BCUT2D eigenvalue weighted by molar-refractivity contribution is 5.85. The SMILES string of the molecule is COc1ccc2c(C)cc(N3CC(C)OC(C)C3)nc2c1. The lowest BCUT2D eigenvalue weighted by Gasteiger charge is -2.36. The van der Waals surface area contributed by atoms with Crippen LogP contribution in [0.4, 0.5) is 5.82 Å². The molecule has 3 rings (SSSR count). The van der Waals surface area contributed by atoms with Gasteiger partial charge in [0.1, 0.15) is 11.6 Å². The summed E-state index contributed by atoms with van der Waals surface area (Å²) in [7, 11) is 1.68. The van der Waals surface area contributed by atoms with Gasteiger partial charge in [0.15, 0.2) is 0 Å². The maximum absolute atomic E-state index is 5.80. The number of benzene rings is 1. The topological polar surface area (TPSA) is 34.6 Å². The third-order valence-electron chi connectivity index (χ3n) is 3.95. The first kappa shape index (κ1) is 14.1. The Balaban J connectivity index is 2.02. The first-order valence-electron chi connectivity index (χ1n) is 7.42. The highest BCUT2D eigenvalue weighted by Crippen LogP contribution is 2.27. The normalized spacial score (nSPS) is 22.6. The second-order valence-corrected chi connectivity index (χ2v) is 5.84. The zero-order valence-electron chi connectivity index (χ0n) is 13.1. The molecule has 4 nitrogen and oxygen atoms in total. The van der Waals surface area contributed by atoms with E-state index in [1.165, 1.54) is 10.9 Å². The molecule has 2 heterocycles. The fourth-order valence-electron chi connectivity index (χ4n) is 3.02. The fourth-order valence-corrected chi connectivity index (χ4v) is 3.02. The van der Waals surface area contributed by atoms with Crippen LogP contribution in [0.3, 0.4) is 0 Å². The van der Waals surface area contributed by atoms with Gasteiger partial charge in [0.2, 0.25) is 0 Å². The highest BCUT2D eigenvalue weighted by Gasteiger charge is 2.23.